The van der Waals surface area contributed by atoms with Crippen molar-refractivity contribution in [3.63, 3.8) is 0 Å². The quantitative estimate of drug-likeness (QED) is 0.585. The van der Waals surface area contributed by atoms with Gasteiger partial charge in [0.05, 0.1) is 31.2 Å². The first-order valence-electron chi connectivity index (χ1n) is 8.79. The molecule has 1 heterocycles. The summed E-state index contributed by atoms with van der Waals surface area (Å²) in [6.45, 7) is 3.82. The molecule has 1 aliphatic heterocycles. The zero-order chi connectivity index (χ0) is 19.6. The fraction of sp³-hybridized carbons (Fsp3) is 0.421. The van der Waals surface area contributed by atoms with Gasteiger partial charge in [-0.2, -0.15) is 0 Å². The number of nitrogens with one attached hydrogen (secondary N) is 2. The van der Waals surface area contributed by atoms with E-state index in [1.165, 1.54) is 7.11 Å². The summed E-state index contributed by atoms with van der Waals surface area (Å²) in [7, 11) is 1.28. The number of hydrogen-bond acceptors (Lipinski definition) is 6. The first-order valence-corrected chi connectivity index (χ1v) is 8.79. The molecular formula is C19H22N2O6. The third-order valence-electron chi connectivity index (χ3n) is 4.40. The summed E-state index contributed by atoms with van der Waals surface area (Å²) < 4.78 is 15.9. The second-order valence-electron chi connectivity index (χ2n) is 6.40. The zero-order valence-corrected chi connectivity index (χ0v) is 15.5. The number of carbonyl (C=O) groups is 3. The lowest BCUT2D eigenvalue weighted by molar-refractivity contribution is -0.137. The molecule has 1 saturated carbocycles. The van der Waals surface area contributed by atoms with Crippen LogP contribution >= 0.6 is 0 Å². The molecule has 0 bridgehead atoms. The molecule has 3 rings (SSSR count). The molecule has 144 valence electrons. The van der Waals surface area contributed by atoms with Gasteiger partial charge in [-0.25, -0.2) is 9.59 Å². The Labute approximate surface area is 156 Å². The van der Waals surface area contributed by atoms with E-state index in [0.717, 1.165) is 12.8 Å². The maximum absolute atomic E-state index is 12.2. The normalized spacial score (nSPS) is 19.1. The number of amides is 2. The number of ether oxygens (including phenoxy) is 3. The first-order chi connectivity index (χ1) is 12.9. The largest absolute Gasteiger partial charge is 0.490 e. The van der Waals surface area contributed by atoms with Crippen LogP contribution in [0.5, 0.6) is 11.5 Å². The van der Waals surface area contributed by atoms with E-state index in [0.29, 0.717) is 34.9 Å². The predicted molar refractivity (Wildman–Crippen MR) is 95.1 cm³/mol. The lowest BCUT2D eigenvalue weighted by Gasteiger charge is -2.28. The fourth-order valence-electron chi connectivity index (χ4n) is 2.89. The van der Waals surface area contributed by atoms with E-state index in [4.69, 9.17) is 14.2 Å². The maximum atomic E-state index is 12.2. The lowest BCUT2D eigenvalue weighted by atomic mass is 9.95. The Morgan fingerprint density at radius 2 is 1.96 bits per heavy atom. The number of allylic oxidation sites excluding steroid dienone is 1. The molecule has 1 aliphatic carbocycles. The molecule has 0 radical (unpaired) electrons. The average molecular weight is 374 g/mol. The summed E-state index contributed by atoms with van der Waals surface area (Å²) >= 11 is 0. The van der Waals surface area contributed by atoms with Gasteiger partial charge in [0.25, 0.3) is 0 Å². The van der Waals surface area contributed by atoms with Crippen LogP contribution < -0.4 is 20.1 Å². The Morgan fingerprint density at radius 1 is 1.22 bits per heavy atom. The monoisotopic (exact) mass is 374 g/mol. The molecular weight excluding hydrogens is 352 g/mol. The summed E-state index contributed by atoms with van der Waals surface area (Å²) in [6, 6.07) is 3.82. The Kier molecular flexibility index (Phi) is 5.34. The highest BCUT2D eigenvalue weighted by molar-refractivity contribution is 5.95. The number of urea groups is 1. The van der Waals surface area contributed by atoms with E-state index >= 15 is 0 Å². The topological polar surface area (TPSA) is 103 Å². The van der Waals surface area contributed by atoms with Crippen molar-refractivity contribution >= 4 is 18.0 Å². The van der Waals surface area contributed by atoms with Gasteiger partial charge >= 0.3 is 18.0 Å². The molecule has 2 N–H and O–H groups in total. The van der Waals surface area contributed by atoms with E-state index < -0.39 is 18.0 Å². The van der Waals surface area contributed by atoms with Gasteiger partial charge in [0.15, 0.2) is 11.5 Å². The molecule has 2 aliphatic rings. The molecule has 27 heavy (non-hydrogen) atoms. The third-order valence-corrected chi connectivity index (χ3v) is 4.40. The van der Waals surface area contributed by atoms with Crippen molar-refractivity contribution in [2.24, 2.45) is 5.92 Å². The summed E-state index contributed by atoms with van der Waals surface area (Å²) in [5.41, 5.74) is 1.32. The Bertz CT molecular complexity index is 812. The van der Waals surface area contributed by atoms with Gasteiger partial charge in [-0.3, -0.25) is 4.79 Å². The van der Waals surface area contributed by atoms with Crippen LogP contribution in [0.1, 0.15) is 38.3 Å². The van der Waals surface area contributed by atoms with Crippen LogP contribution in [-0.4, -0.2) is 31.7 Å². The minimum Gasteiger partial charge on any atom is -0.490 e. The van der Waals surface area contributed by atoms with Crippen LogP contribution in [0.25, 0.3) is 0 Å². The molecule has 1 aromatic rings. The minimum absolute atomic E-state index is 0.0422. The molecule has 1 aromatic carbocycles. The van der Waals surface area contributed by atoms with Crippen molar-refractivity contribution < 1.29 is 28.6 Å². The fourth-order valence-corrected chi connectivity index (χ4v) is 2.89. The van der Waals surface area contributed by atoms with Gasteiger partial charge in [0.2, 0.25) is 0 Å². The minimum atomic E-state index is -0.710. The maximum Gasteiger partial charge on any atom is 0.337 e. The molecule has 0 spiro atoms. The van der Waals surface area contributed by atoms with Crippen molar-refractivity contribution in [3.05, 3.63) is 35.0 Å². The number of carbonyl (C=O) groups excluding carboxylic acids is 3. The summed E-state index contributed by atoms with van der Waals surface area (Å²) in [4.78, 5) is 36.1. The van der Waals surface area contributed by atoms with Crippen LogP contribution in [0.15, 0.2) is 29.5 Å². The second kappa shape index (κ2) is 7.69. The molecule has 0 saturated heterocycles. The highest BCUT2D eigenvalue weighted by Gasteiger charge is 2.34. The second-order valence-corrected chi connectivity index (χ2v) is 6.40. The molecule has 8 heteroatoms. The van der Waals surface area contributed by atoms with Gasteiger partial charge < -0.3 is 24.8 Å². The molecule has 1 unspecified atom stereocenters. The summed E-state index contributed by atoms with van der Waals surface area (Å²) in [5.74, 6) is -0.173. The summed E-state index contributed by atoms with van der Waals surface area (Å²) in [6.07, 6.45) is 1.68. The van der Waals surface area contributed by atoms with E-state index in [9.17, 15) is 14.4 Å². The van der Waals surface area contributed by atoms with Crippen LogP contribution in [0, 0.1) is 5.92 Å². The van der Waals surface area contributed by atoms with E-state index in [1.54, 1.807) is 25.1 Å². The molecule has 0 aromatic heterocycles. The van der Waals surface area contributed by atoms with Gasteiger partial charge in [0.1, 0.15) is 0 Å². The number of hydrogen-bond donors (Lipinski definition) is 2. The first kappa shape index (κ1) is 18.8. The highest BCUT2D eigenvalue weighted by Crippen LogP contribution is 2.37. The van der Waals surface area contributed by atoms with Gasteiger partial charge in [-0.1, -0.05) is 6.07 Å². The predicted octanol–water partition coefficient (Wildman–Crippen LogP) is 2.20. The van der Waals surface area contributed by atoms with Crippen molar-refractivity contribution in [2.75, 3.05) is 13.7 Å². The van der Waals surface area contributed by atoms with Crippen molar-refractivity contribution in [1.29, 1.82) is 0 Å². The highest BCUT2D eigenvalue weighted by atomic mass is 16.6. The van der Waals surface area contributed by atoms with Crippen LogP contribution in [0.2, 0.25) is 0 Å². The average Bonchev–Trinajstić information content (AvgIpc) is 3.47. The van der Waals surface area contributed by atoms with Crippen LogP contribution in [0.4, 0.5) is 4.79 Å². The smallest absolute Gasteiger partial charge is 0.337 e. The summed E-state index contributed by atoms with van der Waals surface area (Å²) in [5, 5.41) is 5.28. The third kappa shape index (κ3) is 4.05. The van der Waals surface area contributed by atoms with Gasteiger partial charge in [-0.15, -0.1) is 0 Å². The van der Waals surface area contributed by atoms with Gasteiger partial charge in [0, 0.05) is 5.70 Å². The Balaban J connectivity index is 1.95. The number of rotatable bonds is 6. The van der Waals surface area contributed by atoms with E-state index in [-0.39, 0.29) is 11.9 Å². The van der Waals surface area contributed by atoms with Crippen LogP contribution in [0.3, 0.4) is 0 Å². The van der Waals surface area contributed by atoms with Gasteiger partial charge in [-0.05, 0) is 44.4 Å². The van der Waals surface area contributed by atoms with Crippen molar-refractivity contribution in [1.82, 2.24) is 10.6 Å². The molecule has 1 fully saturated rings. The van der Waals surface area contributed by atoms with E-state index in [2.05, 4.69) is 10.6 Å². The number of benzene rings is 1. The molecule has 8 nitrogen and oxygen atoms in total. The van der Waals surface area contributed by atoms with E-state index in [1.807, 2.05) is 6.92 Å². The lowest BCUT2D eigenvalue weighted by Crippen LogP contribution is -2.45. The van der Waals surface area contributed by atoms with Crippen molar-refractivity contribution in [3.8, 4) is 11.5 Å². The zero-order valence-electron chi connectivity index (χ0n) is 15.5. The standard InChI is InChI=1S/C19H22N2O6/c1-4-26-14-9-12(7-8-13(14)27-17(22)11-5-6-11)16-15(18(23)25-3)10(2)20-19(24)21-16/h7-9,11,16H,4-6H2,1-3H3,(H2,20,21,24). The Hall–Kier alpha value is -3.03. The van der Waals surface area contributed by atoms with Crippen molar-refractivity contribution in [2.45, 2.75) is 32.7 Å². The number of esters is 2. The molecule has 1 atom stereocenters. The molecule has 2 amide bonds. The van der Waals surface area contributed by atoms with Crippen LogP contribution in [-0.2, 0) is 14.3 Å². The Morgan fingerprint density at radius 3 is 2.59 bits per heavy atom. The SMILES string of the molecule is CCOc1cc(C2NC(=O)NC(C)=C2C(=O)OC)ccc1OC(=O)C1CC1. The number of methoxy groups -OCH3 is 1.